The number of nitro groups is 1. The molecule has 0 aliphatic rings. The van der Waals surface area contributed by atoms with Crippen molar-refractivity contribution in [3.8, 4) is 0 Å². The summed E-state index contributed by atoms with van der Waals surface area (Å²) >= 11 is 0.684. The van der Waals surface area contributed by atoms with Crippen molar-refractivity contribution in [1.29, 1.82) is 0 Å². The van der Waals surface area contributed by atoms with E-state index in [4.69, 9.17) is 10.6 Å². The molecule has 9 nitrogen and oxygen atoms in total. The van der Waals surface area contributed by atoms with Crippen LogP contribution >= 0.6 is 11.3 Å². The predicted octanol–water partition coefficient (Wildman–Crippen LogP) is 0.645. The number of ether oxygens (including phenoxy) is 1. The number of nitrogen functional groups attached to an aromatic ring is 1. The van der Waals surface area contributed by atoms with Gasteiger partial charge in [0.05, 0.1) is 17.1 Å². The van der Waals surface area contributed by atoms with Crippen LogP contribution in [0.15, 0.2) is 10.3 Å². The Labute approximate surface area is 120 Å². The lowest BCUT2D eigenvalue weighted by atomic mass is 10.1. The number of sulfonamides is 1. The lowest BCUT2D eigenvalue weighted by molar-refractivity contribution is -0.383. The lowest BCUT2D eigenvalue weighted by Crippen LogP contribution is -2.46. The van der Waals surface area contributed by atoms with Crippen molar-refractivity contribution >= 4 is 32.0 Å². The molecule has 1 heterocycles. The third-order valence-electron chi connectivity index (χ3n) is 2.20. The van der Waals surface area contributed by atoms with E-state index in [-0.39, 0.29) is 21.5 Å². The Hall–Kier alpha value is -1.27. The number of anilines is 1. The van der Waals surface area contributed by atoms with E-state index >= 15 is 0 Å². The molecule has 0 saturated carbocycles. The normalized spacial score (nSPS) is 12.4. The highest BCUT2D eigenvalue weighted by Gasteiger charge is 2.30. The summed E-state index contributed by atoms with van der Waals surface area (Å²) < 4.78 is 31.5. The third kappa shape index (κ3) is 3.86. The third-order valence-corrected chi connectivity index (χ3v) is 5.43. The Kier molecular flexibility index (Phi) is 5.05. The molecule has 0 unspecified atom stereocenters. The van der Waals surface area contributed by atoms with Gasteiger partial charge in [0.15, 0.2) is 5.00 Å². The van der Waals surface area contributed by atoms with Gasteiger partial charge in [-0.2, -0.15) is 0 Å². The van der Waals surface area contributed by atoms with Crippen molar-refractivity contribution in [2.75, 3.05) is 19.1 Å². The Morgan fingerprint density at radius 3 is 2.55 bits per heavy atom. The van der Waals surface area contributed by atoms with Gasteiger partial charge in [0.1, 0.15) is 4.21 Å². The van der Waals surface area contributed by atoms with Gasteiger partial charge in [-0.25, -0.2) is 19.0 Å². The van der Waals surface area contributed by atoms with Crippen LogP contribution in [0.25, 0.3) is 0 Å². The Morgan fingerprint density at radius 1 is 1.55 bits per heavy atom. The fourth-order valence-electron chi connectivity index (χ4n) is 1.54. The highest BCUT2D eigenvalue weighted by molar-refractivity contribution is 7.91. The van der Waals surface area contributed by atoms with Gasteiger partial charge in [0.25, 0.3) is 10.0 Å². The van der Waals surface area contributed by atoms with E-state index in [1.807, 2.05) is 0 Å². The number of thiophene rings is 1. The fraction of sp³-hybridized carbons (Fsp3) is 0.556. The number of hydrogen-bond donors (Lipinski definition) is 3. The van der Waals surface area contributed by atoms with Gasteiger partial charge in [-0.3, -0.25) is 10.1 Å². The molecule has 114 valence electrons. The summed E-state index contributed by atoms with van der Waals surface area (Å²) in [4.78, 5) is 10.1. The van der Waals surface area contributed by atoms with Crippen molar-refractivity contribution in [3.05, 3.63) is 16.2 Å². The molecular formula is C9H16N4O5S2. The highest BCUT2D eigenvalue weighted by atomic mass is 32.2. The number of rotatable bonds is 7. The summed E-state index contributed by atoms with van der Waals surface area (Å²) in [5.74, 6) is 5.14. The van der Waals surface area contributed by atoms with Crippen LogP contribution in [0.3, 0.4) is 0 Å². The molecule has 20 heavy (non-hydrogen) atoms. The van der Waals surface area contributed by atoms with Crippen LogP contribution in [-0.2, 0) is 14.8 Å². The molecule has 0 saturated heterocycles. The maximum absolute atomic E-state index is 12.2. The van der Waals surface area contributed by atoms with Gasteiger partial charge in [0.2, 0.25) is 0 Å². The van der Waals surface area contributed by atoms with Gasteiger partial charge < -0.3 is 10.2 Å². The molecule has 0 aliphatic carbocycles. The molecule has 0 fully saturated rings. The van der Waals surface area contributed by atoms with E-state index in [1.54, 1.807) is 13.8 Å². The number of hydrazine groups is 1. The molecule has 0 aliphatic heterocycles. The van der Waals surface area contributed by atoms with E-state index in [2.05, 4.69) is 10.1 Å². The van der Waals surface area contributed by atoms with Crippen LogP contribution < -0.4 is 16.0 Å². The van der Waals surface area contributed by atoms with Gasteiger partial charge in [0, 0.05) is 13.2 Å². The van der Waals surface area contributed by atoms with Crippen molar-refractivity contribution < 1.29 is 18.1 Å². The topological polar surface area (TPSA) is 137 Å². The Balaban J connectivity index is 3.13. The molecule has 0 radical (unpaired) electrons. The number of methoxy groups -OCH3 is 1. The van der Waals surface area contributed by atoms with Crippen molar-refractivity contribution in [3.63, 3.8) is 0 Å². The number of nitrogens with two attached hydrogens (primary N) is 1. The average molecular weight is 324 g/mol. The minimum atomic E-state index is -3.90. The molecule has 1 rings (SSSR count). The maximum atomic E-state index is 12.2. The minimum Gasteiger partial charge on any atom is -0.383 e. The van der Waals surface area contributed by atoms with Gasteiger partial charge in [-0.05, 0) is 13.8 Å². The first-order valence-electron chi connectivity index (χ1n) is 5.41. The monoisotopic (exact) mass is 324 g/mol. The summed E-state index contributed by atoms with van der Waals surface area (Å²) in [5.41, 5.74) is 0.886. The molecule has 11 heteroatoms. The zero-order chi connectivity index (χ0) is 15.6. The standard InChI is InChI=1S/C9H16N4O5S2/c1-9(2,5-18-3)12-20(16,17)7-4-6(13(14)15)8(11-10)19-7/h4,11-12H,5,10H2,1-3H3. The second-order valence-corrected chi connectivity index (χ2v) is 7.57. The lowest BCUT2D eigenvalue weighted by Gasteiger charge is -2.24. The summed E-state index contributed by atoms with van der Waals surface area (Å²) in [7, 11) is -2.45. The van der Waals surface area contributed by atoms with Crippen LogP contribution in [0.2, 0.25) is 0 Å². The summed E-state index contributed by atoms with van der Waals surface area (Å²) in [6.45, 7) is 3.43. The van der Waals surface area contributed by atoms with Crippen LogP contribution in [0.1, 0.15) is 13.8 Å². The zero-order valence-corrected chi connectivity index (χ0v) is 12.8. The van der Waals surface area contributed by atoms with Crippen LogP contribution in [0.4, 0.5) is 10.7 Å². The van der Waals surface area contributed by atoms with E-state index < -0.39 is 20.5 Å². The van der Waals surface area contributed by atoms with Crippen molar-refractivity contribution in [2.24, 2.45) is 5.84 Å². The summed E-state index contributed by atoms with van der Waals surface area (Å²) in [6.07, 6.45) is 0. The Bertz CT molecular complexity index is 595. The molecule has 0 aromatic carbocycles. The maximum Gasteiger partial charge on any atom is 0.306 e. The quantitative estimate of drug-likeness (QED) is 0.380. The second kappa shape index (κ2) is 6.01. The SMILES string of the molecule is COCC(C)(C)NS(=O)(=O)c1cc([N+](=O)[O-])c(NN)s1. The van der Waals surface area contributed by atoms with Crippen LogP contribution in [0, 0.1) is 10.1 Å². The highest BCUT2D eigenvalue weighted by Crippen LogP contribution is 2.36. The van der Waals surface area contributed by atoms with E-state index in [0.29, 0.717) is 11.3 Å². The molecule has 4 N–H and O–H groups in total. The predicted molar refractivity (Wildman–Crippen MR) is 75.1 cm³/mol. The van der Waals surface area contributed by atoms with Crippen molar-refractivity contribution in [1.82, 2.24) is 4.72 Å². The number of hydrogen-bond acceptors (Lipinski definition) is 8. The van der Waals surface area contributed by atoms with E-state index in [0.717, 1.165) is 6.07 Å². The summed E-state index contributed by atoms with van der Waals surface area (Å²) in [5, 5.41) is 10.8. The minimum absolute atomic E-state index is 0.0278. The zero-order valence-electron chi connectivity index (χ0n) is 11.2. The first-order chi connectivity index (χ1) is 9.13. The molecule has 0 bridgehead atoms. The average Bonchev–Trinajstić information content (AvgIpc) is 2.71. The van der Waals surface area contributed by atoms with Crippen molar-refractivity contribution in [2.45, 2.75) is 23.6 Å². The van der Waals surface area contributed by atoms with Crippen LogP contribution in [0.5, 0.6) is 0 Å². The second-order valence-electron chi connectivity index (χ2n) is 4.60. The number of nitrogens with one attached hydrogen (secondary N) is 2. The van der Waals surface area contributed by atoms with Gasteiger partial charge >= 0.3 is 5.69 Å². The number of nitrogens with zero attached hydrogens (tertiary/aromatic N) is 1. The molecule has 0 amide bonds. The molecule has 0 spiro atoms. The fourth-order valence-corrected chi connectivity index (χ4v) is 4.17. The van der Waals surface area contributed by atoms with Gasteiger partial charge in [-0.1, -0.05) is 11.3 Å². The first kappa shape index (κ1) is 16.8. The molecule has 1 aromatic heterocycles. The Morgan fingerprint density at radius 2 is 2.15 bits per heavy atom. The van der Waals surface area contributed by atoms with E-state index in [9.17, 15) is 18.5 Å². The largest absolute Gasteiger partial charge is 0.383 e. The first-order valence-corrected chi connectivity index (χ1v) is 7.70. The summed E-state index contributed by atoms with van der Waals surface area (Å²) in [6, 6.07) is 0.963. The molecular weight excluding hydrogens is 308 g/mol. The molecule has 1 aromatic rings. The van der Waals surface area contributed by atoms with Gasteiger partial charge in [-0.15, -0.1) is 0 Å². The van der Waals surface area contributed by atoms with Crippen LogP contribution in [-0.4, -0.2) is 32.6 Å². The van der Waals surface area contributed by atoms with E-state index in [1.165, 1.54) is 7.11 Å². The smallest absolute Gasteiger partial charge is 0.306 e. The molecule has 0 atom stereocenters.